The third-order valence-electron chi connectivity index (χ3n) is 3.70. The number of halogens is 1. The number of aromatic nitrogens is 3. The Kier molecular flexibility index (Phi) is 4.96. The lowest BCUT2D eigenvalue weighted by Crippen LogP contribution is -2.13. The Bertz CT molecular complexity index is 954. The van der Waals surface area contributed by atoms with E-state index in [2.05, 4.69) is 20.3 Å². The van der Waals surface area contributed by atoms with Crippen molar-refractivity contribution in [2.45, 2.75) is 26.4 Å². The van der Waals surface area contributed by atoms with E-state index >= 15 is 0 Å². The number of fused-ring (bicyclic) bond motifs is 1. The van der Waals surface area contributed by atoms with Crippen LogP contribution in [0.5, 0.6) is 5.88 Å². The zero-order chi connectivity index (χ0) is 17.8. The zero-order valence-corrected chi connectivity index (χ0v) is 14.6. The number of nitrogens with one attached hydrogen (secondary N) is 1. The van der Waals surface area contributed by atoms with Crippen molar-refractivity contribution >= 4 is 34.0 Å². The smallest absolute Gasteiger partial charge is 0.253 e. The maximum absolute atomic E-state index is 9.15. The molecule has 0 fully saturated rings. The van der Waals surface area contributed by atoms with Gasteiger partial charge in [0.15, 0.2) is 5.82 Å². The lowest BCUT2D eigenvalue weighted by molar-refractivity contribution is 0.207. The van der Waals surface area contributed by atoms with E-state index in [-0.39, 0.29) is 17.7 Å². The van der Waals surface area contributed by atoms with Gasteiger partial charge in [0.2, 0.25) is 5.69 Å². The maximum Gasteiger partial charge on any atom is 0.253 e. The molecule has 0 amide bonds. The van der Waals surface area contributed by atoms with Crippen molar-refractivity contribution in [3.63, 3.8) is 0 Å². The molecule has 0 aliphatic heterocycles. The van der Waals surface area contributed by atoms with Crippen LogP contribution < -0.4 is 10.1 Å². The number of ether oxygens (including phenoxy) is 1. The topological polar surface area (TPSA) is 83.7 Å². The van der Waals surface area contributed by atoms with Crippen molar-refractivity contribution in [3.8, 4) is 11.9 Å². The minimum absolute atomic E-state index is 0.0578. The van der Waals surface area contributed by atoms with Gasteiger partial charge >= 0.3 is 0 Å². The van der Waals surface area contributed by atoms with Gasteiger partial charge in [0, 0.05) is 16.6 Å². The molecule has 0 aliphatic rings. The molecule has 126 valence electrons. The van der Waals surface area contributed by atoms with Crippen molar-refractivity contribution in [2.24, 2.45) is 0 Å². The van der Waals surface area contributed by atoms with Crippen molar-refractivity contribution in [1.82, 2.24) is 15.0 Å². The number of hydrogen-bond acceptors (Lipinski definition) is 6. The molecule has 0 unspecified atom stereocenters. The summed E-state index contributed by atoms with van der Waals surface area (Å²) in [6, 6.07) is 9.52. The number of nitrogens with zero attached hydrogens (tertiary/aromatic N) is 4. The Hall–Kier alpha value is -2.91. The van der Waals surface area contributed by atoms with Crippen molar-refractivity contribution in [2.75, 3.05) is 5.32 Å². The largest absolute Gasteiger partial charge is 0.473 e. The summed E-state index contributed by atoms with van der Waals surface area (Å²) >= 11 is 6.16. The molecule has 3 rings (SSSR count). The SMILES string of the molecule is CC[C@H](C)Oc1nc(Nc2cc3cccc(Cl)c3cn2)cnc1C#N. The Labute approximate surface area is 150 Å². The van der Waals surface area contributed by atoms with Crippen LogP contribution in [0.1, 0.15) is 26.0 Å². The fraction of sp³-hybridized carbons (Fsp3) is 0.222. The zero-order valence-electron chi connectivity index (χ0n) is 13.8. The van der Waals surface area contributed by atoms with E-state index in [0.29, 0.717) is 16.7 Å². The van der Waals surface area contributed by atoms with E-state index in [0.717, 1.165) is 17.2 Å². The molecule has 1 aromatic carbocycles. The highest BCUT2D eigenvalue weighted by molar-refractivity contribution is 6.35. The number of rotatable bonds is 5. The van der Waals surface area contributed by atoms with Gasteiger partial charge < -0.3 is 10.1 Å². The normalized spacial score (nSPS) is 11.8. The molecule has 0 saturated heterocycles. The summed E-state index contributed by atoms with van der Waals surface area (Å²) in [5.74, 6) is 1.26. The van der Waals surface area contributed by atoms with Gasteiger partial charge in [-0.15, -0.1) is 0 Å². The summed E-state index contributed by atoms with van der Waals surface area (Å²) in [6.07, 6.45) is 3.93. The molecule has 2 aromatic heterocycles. The van der Waals surface area contributed by atoms with E-state index in [1.54, 1.807) is 6.20 Å². The Balaban J connectivity index is 1.90. The highest BCUT2D eigenvalue weighted by Gasteiger charge is 2.12. The minimum atomic E-state index is -0.0578. The van der Waals surface area contributed by atoms with Crippen molar-refractivity contribution < 1.29 is 4.74 Å². The molecular weight excluding hydrogens is 338 g/mol. The van der Waals surface area contributed by atoms with Crippen LogP contribution in [0.2, 0.25) is 5.02 Å². The second-order valence-electron chi connectivity index (χ2n) is 5.51. The van der Waals surface area contributed by atoms with E-state index < -0.39 is 0 Å². The van der Waals surface area contributed by atoms with E-state index in [1.807, 2.05) is 44.2 Å². The van der Waals surface area contributed by atoms with E-state index in [1.165, 1.54) is 6.20 Å². The van der Waals surface area contributed by atoms with Gasteiger partial charge in [0.25, 0.3) is 5.88 Å². The summed E-state index contributed by atoms with van der Waals surface area (Å²) in [7, 11) is 0. The molecule has 0 aliphatic carbocycles. The molecule has 1 atom stereocenters. The quantitative estimate of drug-likeness (QED) is 0.728. The molecule has 0 spiro atoms. The highest BCUT2D eigenvalue weighted by atomic mass is 35.5. The summed E-state index contributed by atoms with van der Waals surface area (Å²) < 4.78 is 5.68. The second kappa shape index (κ2) is 7.32. The predicted octanol–water partition coefficient (Wildman–Crippen LogP) is 4.47. The van der Waals surface area contributed by atoms with Gasteiger partial charge in [0.05, 0.1) is 12.3 Å². The molecule has 0 radical (unpaired) electrons. The van der Waals surface area contributed by atoms with Crippen LogP contribution in [0.4, 0.5) is 11.6 Å². The molecule has 25 heavy (non-hydrogen) atoms. The fourth-order valence-corrected chi connectivity index (χ4v) is 2.43. The highest BCUT2D eigenvalue weighted by Crippen LogP contribution is 2.26. The third-order valence-corrected chi connectivity index (χ3v) is 4.03. The van der Waals surface area contributed by atoms with Gasteiger partial charge in [-0.1, -0.05) is 30.7 Å². The van der Waals surface area contributed by atoms with Crippen LogP contribution in [0, 0.1) is 11.3 Å². The molecule has 3 aromatic rings. The lowest BCUT2D eigenvalue weighted by Gasteiger charge is -2.13. The van der Waals surface area contributed by atoms with E-state index in [4.69, 9.17) is 21.6 Å². The molecule has 1 N–H and O–H groups in total. The van der Waals surface area contributed by atoms with Gasteiger partial charge in [-0.25, -0.2) is 9.97 Å². The molecule has 7 heteroatoms. The predicted molar refractivity (Wildman–Crippen MR) is 97.2 cm³/mol. The number of hydrogen-bond donors (Lipinski definition) is 1. The summed E-state index contributed by atoms with van der Waals surface area (Å²) in [4.78, 5) is 12.8. The van der Waals surface area contributed by atoms with E-state index in [9.17, 15) is 0 Å². The summed E-state index contributed by atoms with van der Waals surface area (Å²) in [5.41, 5.74) is 0.157. The Morgan fingerprint density at radius 1 is 1.28 bits per heavy atom. The van der Waals surface area contributed by atoms with Gasteiger partial charge in [-0.2, -0.15) is 10.2 Å². The first-order valence-corrected chi connectivity index (χ1v) is 8.23. The molecule has 0 saturated carbocycles. The Morgan fingerprint density at radius 3 is 2.88 bits per heavy atom. The lowest BCUT2D eigenvalue weighted by atomic mass is 10.2. The van der Waals surface area contributed by atoms with Gasteiger partial charge in [-0.3, -0.25) is 0 Å². The fourth-order valence-electron chi connectivity index (χ4n) is 2.20. The maximum atomic E-state index is 9.15. The first kappa shape index (κ1) is 16.9. The number of pyridine rings is 1. The summed E-state index contributed by atoms with van der Waals surface area (Å²) in [5, 5.41) is 14.7. The minimum Gasteiger partial charge on any atom is -0.473 e. The Morgan fingerprint density at radius 2 is 2.12 bits per heavy atom. The van der Waals surface area contributed by atoms with Gasteiger partial charge in [0.1, 0.15) is 11.9 Å². The van der Waals surface area contributed by atoms with Crippen LogP contribution in [-0.4, -0.2) is 21.1 Å². The summed E-state index contributed by atoms with van der Waals surface area (Å²) in [6.45, 7) is 3.91. The van der Waals surface area contributed by atoms with Crippen LogP contribution in [0.15, 0.2) is 36.7 Å². The van der Waals surface area contributed by atoms with Crippen LogP contribution >= 0.6 is 11.6 Å². The average Bonchev–Trinajstić information content (AvgIpc) is 2.62. The second-order valence-corrected chi connectivity index (χ2v) is 5.92. The van der Waals surface area contributed by atoms with Crippen molar-refractivity contribution in [3.05, 3.63) is 47.4 Å². The monoisotopic (exact) mass is 353 g/mol. The number of anilines is 2. The van der Waals surface area contributed by atoms with Crippen molar-refractivity contribution in [1.29, 1.82) is 5.26 Å². The van der Waals surface area contributed by atoms with Crippen LogP contribution in [-0.2, 0) is 0 Å². The van der Waals surface area contributed by atoms with Crippen LogP contribution in [0.3, 0.4) is 0 Å². The first-order chi connectivity index (χ1) is 12.1. The molecule has 2 heterocycles. The number of benzene rings is 1. The van der Waals surface area contributed by atoms with Crippen LogP contribution in [0.25, 0.3) is 10.8 Å². The average molecular weight is 354 g/mol. The molecule has 6 nitrogen and oxygen atoms in total. The molecular formula is C18H16ClN5O. The number of nitriles is 1. The molecule has 0 bridgehead atoms. The standard InChI is InChI=1S/C18H16ClN5O/c1-3-11(2)25-18-15(8-20)21-10-17(24-18)23-16-7-12-5-4-6-14(19)13(12)9-22-16/h4-7,9-11H,3H2,1-2H3,(H,22,23,24)/t11-/m0/s1. The third kappa shape index (κ3) is 3.78. The van der Waals surface area contributed by atoms with Gasteiger partial charge in [-0.05, 0) is 30.9 Å². The first-order valence-electron chi connectivity index (χ1n) is 7.85.